The molecule has 0 bridgehead atoms. The van der Waals surface area contributed by atoms with Crippen LogP contribution in [0.4, 0.5) is 0 Å². The van der Waals surface area contributed by atoms with Crippen LogP contribution in [0.25, 0.3) is 0 Å². The van der Waals surface area contributed by atoms with Gasteiger partial charge in [-0.2, -0.15) is 0 Å². The van der Waals surface area contributed by atoms with Crippen molar-refractivity contribution in [2.75, 3.05) is 13.7 Å². The molecule has 4 heteroatoms. The Balaban J connectivity index is 1.99. The predicted octanol–water partition coefficient (Wildman–Crippen LogP) is 2.74. The summed E-state index contributed by atoms with van der Waals surface area (Å²) in [5.74, 6) is 0.862. The molecule has 2 heterocycles. The predicted molar refractivity (Wildman–Crippen MR) is 78.5 cm³/mol. The Morgan fingerprint density at radius 2 is 2.15 bits per heavy atom. The summed E-state index contributed by atoms with van der Waals surface area (Å²) in [5.41, 5.74) is 2.45. The highest BCUT2D eigenvalue weighted by molar-refractivity contribution is 5.27. The maximum atomic E-state index is 5.88. The molecule has 3 rings (SSSR count). The van der Waals surface area contributed by atoms with Crippen molar-refractivity contribution in [1.82, 2.24) is 15.3 Å². The van der Waals surface area contributed by atoms with E-state index in [1.807, 2.05) is 13.2 Å². The van der Waals surface area contributed by atoms with Gasteiger partial charge < -0.3 is 10.1 Å². The maximum Gasteiger partial charge on any atom is 0.160 e. The lowest BCUT2D eigenvalue weighted by molar-refractivity contribution is 0.00886. The number of rotatable bonds is 2. The Morgan fingerprint density at radius 3 is 2.80 bits per heavy atom. The third-order valence-electron chi connectivity index (χ3n) is 4.72. The molecule has 0 aromatic carbocycles. The SMILES string of the molecule is CNC1CC(C)(C)Cc2nc(C3(C)CCCO3)ncc21. The van der Waals surface area contributed by atoms with E-state index in [-0.39, 0.29) is 11.0 Å². The summed E-state index contributed by atoms with van der Waals surface area (Å²) in [7, 11) is 2.02. The first-order chi connectivity index (χ1) is 9.43. The molecule has 1 aromatic heterocycles. The number of ether oxygens (including phenoxy) is 1. The van der Waals surface area contributed by atoms with Crippen LogP contribution < -0.4 is 5.32 Å². The molecule has 20 heavy (non-hydrogen) atoms. The summed E-state index contributed by atoms with van der Waals surface area (Å²) in [4.78, 5) is 9.50. The first-order valence-electron chi connectivity index (χ1n) is 7.61. The maximum absolute atomic E-state index is 5.88. The van der Waals surface area contributed by atoms with E-state index >= 15 is 0 Å². The van der Waals surface area contributed by atoms with Crippen molar-refractivity contribution in [3.05, 3.63) is 23.3 Å². The van der Waals surface area contributed by atoms with Gasteiger partial charge in [0.25, 0.3) is 0 Å². The lowest BCUT2D eigenvalue weighted by atomic mass is 9.74. The molecule has 0 spiro atoms. The van der Waals surface area contributed by atoms with Gasteiger partial charge in [-0.15, -0.1) is 0 Å². The third-order valence-corrected chi connectivity index (χ3v) is 4.72. The van der Waals surface area contributed by atoms with Crippen LogP contribution in [0.5, 0.6) is 0 Å². The van der Waals surface area contributed by atoms with Gasteiger partial charge in [-0.3, -0.25) is 0 Å². The van der Waals surface area contributed by atoms with Crippen molar-refractivity contribution in [3.8, 4) is 0 Å². The number of hydrogen-bond donors (Lipinski definition) is 1. The summed E-state index contributed by atoms with van der Waals surface area (Å²) in [6.45, 7) is 7.57. The zero-order chi connectivity index (χ0) is 14.4. The lowest BCUT2D eigenvalue weighted by Crippen LogP contribution is -2.34. The van der Waals surface area contributed by atoms with E-state index < -0.39 is 0 Å². The number of nitrogens with one attached hydrogen (secondary N) is 1. The van der Waals surface area contributed by atoms with Gasteiger partial charge in [0.05, 0.1) is 0 Å². The van der Waals surface area contributed by atoms with Crippen LogP contribution >= 0.6 is 0 Å². The molecule has 0 radical (unpaired) electrons. The monoisotopic (exact) mass is 275 g/mol. The Labute approximate surface area is 121 Å². The van der Waals surface area contributed by atoms with Crippen molar-refractivity contribution in [1.29, 1.82) is 0 Å². The highest BCUT2D eigenvalue weighted by atomic mass is 16.5. The quantitative estimate of drug-likeness (QED) is 0.901. The fourth-order valence-electron chi connectivity index (χ4n) is 3.51. The summed E-state index contributed by atoms with van der Waals surface area (Å²) in [5, 5.41) is 3.40. The van der Waals surface area contributed by atoms with Crippen molar-refractivity contribution < 1.29 is 4.74 Å². The molecular weight excluding hydrogens is 250 g/mol. The molecule has 1 aromatic rings. The zero-order valence-corrected chi connectivity index (χ0v) is 13.0. The highest BCUT2D eigenvalue weighted by Gasteiger charge is 2.38. The van der Waals surface area contributed by atoms with E-state index in [2.05, 4.69) is 31.1 Å². The van der Waals surface area contributed by atoms with Gasteiger partial charge in [-0.25, -0.2) is 9.97 Å². The normalized spacial score (nSPS) is 32.1. The second-order valence-corrected chi connectivity index (χ2v) is 7.16. The summed E-state index contributed by atoms with van der Waals surface area (Å²) >= 11 is 0. The Kier molecular flexibility index (Phi) is 3.33. The van der Waals surface area contributed by atoms with E-state index in [1.54, 1.807) is 0 Å². The van der Waals surface area contributed by atoms with Crippen molar-refractivity contribution in [2.45, 2.75) is 58.1 Å². The largest absolute Gasteiger partial charge is 0.367 e. The van der Waals surface area contributed by atoms with Crippen LogP contribution in [0.15, 0.2) is 6.20 Å². The van der Waals surface area contributed by atoms with Gasteiger partial charge >= 0.3 is 0 Å². The molecular formula is C16H25N3O. The summed E-state index contributed by atoms with van der Waals surface area (Å²) in [6.07, 6.45) is 6.28. The average molecular weight is 275 g/mol. The molecule has 1 N–H and O–H groups in total. The number of aromatic nitrogens is 2. The van der Waals surface area contributed by atoms with E-state index in [4.69, 9.17) is 9.72 Å². The van der Waals surface area contributed by atoms with E-state index in [0.717, 1.165) is 38.1 Å². The van der Waals surface area contributed by atoms with E-state index in [1.165, 1.54) is 11.3 Å². The minimum Gasteiger partial charge on any atom is -0.367 e. The average Bonchev–Trinajstić information content (AvgIpc) is 2.84. The first-order valence-corrected chi connectivity index (χ1v) is 7.61. The van der Waals surface area contributed by atoms with Crippen LogP contribution in [-0.4, -0.2) is 23.6 Å². The Hall–Kier alpha value is -1.00. The van der Waals surface area contributed by atoms with Crippen molar-refractivity contribution in [2.24, 2.45) is 5.41 Å². The molecule has 1 fully saturated rings. The fraction of sp³-hybridized carbons (Fsp3) is 0.750. The fourth-order valence-corrected chi connectivity index (χ4v) is 3.51. The van der Waals surface area contributed by atoms with Gasteiger partial charge in [-0.05, 0) is 45.1 Å². The zero-order valence-electron chi connectivity index (χ0n) is 13.0. The minimum absolute atomic E-state index is 0.281. The standard InChI is InChI=1S/C16H25N3O/c1-15(2)8-12(17-4)11-10-18-14(19-13(11)9-15)16(3)6-5-7-20-16/h10,12,17H,5-9H2,1-4H3. The van der Waals surface area contributed by atoms with Crippen LogP contribution in [0, 0.1) is 5.41 Å². The first kappa shape index (κ1) is 14.0. The van der Waals surface area contributed by atoms with Gasteiger partial charge in [0.15, 0.2) is 5.82 Å². The smallest absolute Gasteiger partial charge is 0.160 e. The second kappa shape index (κ2) is 4.78. The molecule has 0 amide bonds. The van der Waals surface area contributed by atoms with Crippen molar-refractivity contribution >= 4 is 0 Å². The van der Waals surface area contributed by atoms with E-state index in [9.17, 15) is 0 Å². The van der Waals surface area contributed by atoms with Gasteiger partial charge in [0.2, 0.25) is 0 Å². The van der Waals surface area contributed by atoms with Crippen LogP contribution in [-0.2, 0) is 16.8 Å². The van der Waals surface area contributed by atoms with Gasteiger partial charge in [-0.1, -0.05) is 13.8 Å². The number of hydrogen-bond acceptors (Lipinski definition) is 4. The molecule has 1 saturated heterocycles. The van der Waals surface area contributed by atoms with E-state index in [0.29, 0.717) is 6.04 Å². The molecule has 110 valence electrons. The van der Waals surface area contributed by atoms with Crippen LogP contribution in [0.1, 0.15) is 63.2 Å². The van der Waals surface area contributed by atoms with Gasteiger partial charge in [0, 0.05) is 30.1 Å². The summed E-state index contributed by atoms with van der Waals surface area (Å²) in [6, 6.07) is 0.361. The third kappa shape index (κ3) is 2.35. The Morgan fingerprint density at radius 1 is 1.35 bits per heavy atom. The van der Waals surface area contributed by atoms with Gasteiger partial charge in [0.1, 0.15) is 5.60 Å². The summed E-state index contributed by atoms with van der Waals surface area (Å²) < 4.78 is 5.88. The molecule has 4 nitrogen and oxygen atoms in total. The Bertz CT molecular complexity index is 506. The van der Waals surface area contributed by atoms with Crippen molar-refractivity contribution in [3.63, 3.8) is 0 Å². The topological polar surface area (TPSA) is 47.0 Å². The van der Waals surface area contributed by atoms with Crippen LogP contribution in [0.2, 0.25) is 0 Å². The molecule has 1 aliphatic heterocycles. The molecule has 2 aliphatic rings. The molecule has 1 aliphatic carbocycles. The molecule has 0 saturated carbocycles. The number of fused-ring (bicyclic) bond motifs is 1. The minimum atomic E-state index is -0.286. The molecule has 2 unspecified atom stereocenters. The molecule has 2 atom stereocenters. The number of nitrogens with zero attached hydrogens (tertiary/aromatic N) is 2. The van der Waals surface area contributed by atoms with Crippen LogP contribution in [0.3, 0.4) is 0 Å². The second-order valence-electron chi connectivity index (χ2n) is 7.16. The highest BCUT2D eigenvalue weighted by Crippen LogP contribution is 2.41. The lowest BCUT2D eigenvalue weighted by Gasteiger charge is -2.36.